The molecule has 4 aromatic rings. The molecule has 2 aromatic heterocycles. The summed E-state index contributed by atoms with van der Waals surface area (Å²) >= 11 is 0. The van der Waals surface area contributed by atoms with Crippen LogP contribution in [0, 0.1) is 6.92 Å². The van der Waals surface area contributed by atoms with Gasteiger partial charge in [-0.3, -0.25) is 0 Å². The first kappa shape index (κ1) is 19.2. The van der Waals surface area contributed by atoms with Crippen molar-refractivity contribution in [1.82, 2.24) is 19.4 Å². The molecule has 0 aliphatic carbocycles. The van der Waals surface area contributed by atoms with Crippen molar-refractivity contribution in [3.63, 3.8) is 0 Å². The Labute approximate surface area is 176 Å². The molecule has 0 unspecified atom stereocenters. The lowest BCUT2D eigenvalue weighted by Crippen LogP contribution is -2.41. The summed E-state index contributed by atoms with van der Waals surface area (Å²) in [5.41, 5.74) is 3.34. The Morgan fingerprint density at radius 2 is 1.97 bits per heavy atom. The van der Waals surface area contributed by atoms with Crippen molar-refractivity contribution in [2.24, 2.45) is 0 Å². The summed E-state index contributed by atoms with van der Waals surface area (Å²) in [6, 6.07) is 16.8. The van der Waals surface area contributed by atoms with Gasteiger partial charge in [0.15, 0.2) is 0 Å². The number of aromatic nitrogens is 3. The fourth-order valence-electron chi connectivity index (χ4n) is 4.71. The van der Waals surface area contributed by atoms with Crippen LogP contribution in [-0.4, -0.2) is 56.9 Å². The van der Waals surface area contributed by atoms with E-state index in [-0.39, 0.29) is 0 Å². The molecule has 30 heavy (non-hydrogen) atoms. The van der Waals surface area contributed by atoms with E-state index in [0.717, 1.165) is 53.9 Å². The molecular weight excluding hydrogens is 376 g/mol. The molecule has 3 heterocycles. The maximum absolute atomic E-state index is 10.5. The minimum atomic E-state index is -0.508. The fourth-order valence-corrected chi connectivity index (χ4v) is 4.71. The molecule has 1 saturated heterocycles. The number of imidazole rings is 1. The number of aryl methyl sites for hydroxylation is 1. The molecule has 0 bridgehead atoms. The van der Waals surface area contributed by atoms with Gasteiger partial charge in [-0.15, -0.1) is 0 Å². The Balaban J connectivity index is 1.16. The SMILES string of the molecule is Cc1nc2ccccc2n1C1CCN(C[C@H](O)COc2cccc3[nH]ccc23)CC1. The number of benzene rings is 2. The van der Waals surface area contributed by atoms with Gasteiger partial charge in [-0.05, 0) is 50.1 Å². The summed E-state index contributed by atoms with van der Waals surface area (Å²) in [7, 11) is 0. The second-order valence-electron chi connectivity index (χ2n) is 8.21. The van der Waals surface area contributed by atoms with E-state index < -0.39 is 6.10 Å². The standard InChI is InChI=1S/C24H28N4O2/c1-17-26-22-5-2-3-7-23(22)28(17)18-10-13-27(14-11-18)15-19(29)16-30-24-8-4-6-21-20(24)9-12-25-21/h2-9,12,18-19,25,29H,10-11,13-16H2,1H3/t19-/m0/s1. The predicted molar refractivity (Wildman–Crippen MR) is 119 cm³/mol. The maximum atomic E-state index is 10.5. The molecule has 6 nitrogen and oxygen atoms in total. The van der Waals surface area contributed by atoms with Crippen LogP contribution in [0.25, 0.3) is 21.9 Å². The first-order valence-corrected chi connectivity index (χ1v) is 10.7. The molecular formula is C24H28N4O2. The second kappa shape index (κ2) is 8.13. The van der Waals surface area contributed by atoms with E-state index in [9.17, 15) is 5.11 Å². The topological polar surface area (TPSA) is 66.3 Å². The quantitative estimate of drug-likeness (QED) is 0.511. The van der Waals surface area contributed by atoms with Crippen molar-refractivity contribution in [1.29, 1.82) is 0 Å². The minimum absolute atomic E-state index is 0.301. The number of H-pyrrole nitrogens is 1. The van der Waals surface area contributed by atoms with Gasteiger partial charge in [-0.25, -0.2) is 4.98 Å². The van der Waals surface area contributed by atoms with E-state index in [1.165, 1.54) is 5.52 Å². The molecule has 0 spiro atoms. The molecule has 0 radical (unpaired) electrons. The first-order chi connectivity index (χ1) is 14.7. The summed E-state index contributed by atoms with van der Waals surface area (Å²) in [5, 5.41) is 11.6. The number of β-amino-alcohol motifs (C(OH)–C–C–N with tert-alkyl or cyclic N) is 1. The highest BCUT2D eigenvalue weighted by Crippen LogP contribution is 2.29. The summed E-state index contributed by atoms with van der Waals surface area (Å²) in [5.74, 6) is 1.90. The zero-order chi connectivity index (χ0) is 20.5. The average Bonchev–Trinajstić information content (AvgIpc) is 3.37. The Kier molecular flexibility index (Phi) is 5.19. The van der Waals surface area contributed by atoms with Crippen LogP contribution < -0.4 is 4.74 Å². The third-order valence-electron chi connectivity index (χ3n) is 6.15. The van der Waals surface area contributed by atoms with Crippen LogP contribution in [0.4, 0.5) is 0 Å². The fraction of sp³-hybridized carbons (Fsp3) is 0.375. The van der Waals surface area contributed by atoms with Crippen LogP contribution in [0.5, 0.6) is 5.75 Å². The van der Waals surface area contributed by atoms with Crippen LogP contribution in [0.15, 0.2) is 54.7 Å². The first-order valence-electron chi connectivity index (χ1n) is 10.7. The smallest absolute Gasteiger partial charge is 0.128 e. The summed E-state index contributed by atoms with van der Waals surface area (Å²) in [6.45, 7) is 4.98. The number of hydrogen-bond donors (Lipinski definition) is 2. The predicted octanol–water partition coefficient (Wildman–Crippen LogP) is 3.90. The van der Waals surface area contributed by atoms with Gasteiger partial charge in [0, 0.05) is 42.8 Å². The van der Waals surface area contributed by atoms with Crippen molar-refractivity contribution < 1.29 is 9.84 Å². The van der Waals surface area contributed by atoms with Gasteiger partial charge in [-0.2, -0.15) is 0 Å². The van der Waals surface area contributed by atoms with Crippen molar-refractivity contribution in [3.8, 4) is 5.75 Å². The maximum Gasteiger partial charge on any atom is 0.128 e. The van der Waals surface area contributed by atoms with Crippen LogP contribution in [0.3, 0.4) is 0 Å². The molecule has 156 valence electrons. The highest BCUT2D eigenvalue weighted by Gasteiger charge is 2.24. The summed E-state index contributed by atoms with van der Waals surface area (Å²) in [4.78, 5) is 10.2. The van der Waals surface area contributed by atoms with Gasteiger partial charge in [0.25, 0.3) is 0 Å². The largest absolute Gasteiger partial charge is 0.490 e. The minimum Gasteiger partial charge on any atom is -0.490 e. The number of likely N-dealkylation sites (tertiary alicyclic amines) is 1. The molecule has 5 rings (SSSR count). The summed E-state index contributed by atoms with van der Waals surface area (Å²) < 4.78 is 8.31. The molecule has 1 aliphatic heterocycles. The van der Waals surface area contributed by atoms with Gasteiger partial charge in [-0.1, -0.05) is 18.2 Å². The van der Waals surface area contributed by atoms with E-state index in [2.05, 4.69) is 39.6 Å². The number of ether oxygens (including phenoxy) is 1. The number of piperidine rings is 1. The van der Waals surface area contributed by atoms with E-state index in [0.29, 0.717) is 19.2 Å². The molecule has 2 N–H and O–H groups in total. The number of para-hydroxylation sites is 2. The number of fused-ring (bicyclic) bond motifs is 2. The zero-order valence-corrected chi connectivity index (χ0v) is 17.3. The average molecular weight is 405 g/mol. The van der Waals surface area contributed by atoms with Crippen molar-refractivity contribution in [2.45, 2.75) is 31.9 Å². The van der Waals surface area contributed by atoms with Crippen LogP contribution >= 0.6 is 0 Å². The molecule has 1 aliphatic rings. The van der Waals surface area contributed by atoms with Gasteiger partial charge < -0.3 is 24.3 Å². The van der Waals surface area contributed by atoms with E-state index in [1.54, 1.807) is 0 Å². The molecule has 1 fully saturated rings. The molecule has 0 saturated carbocycles. The molecule has 0 amide bonds. The summed E-state index contributed by atoms with van der Waals surface area (Å²) in [6.07, 6.45) is 3.53. The zero-order valence-electron chi connectivity index (χ0n) is 17.3. The van der Waals surface area contributed by atoms with E-state index in [4.69, 9.17) is 9.72 Å². The monoisotopic (exact) mass is 404 g/mol. The third-order valence-corrected chi connectivity index (χ3v) is 6.15. The number of nitrogens with one attached hydrogen (secondary N) is 1. The van der Waals surface area contributed by atoms with Crippen LogP contribution in [0.2, 0.25) is 0 Å². The van der Waals surface area contributed by atoms with Gasteiger partial charge in [0.1, 0.15) is 24.3 Å². The Morgan fingerprint density at radius 1 is 1.13 bits per heavy atom. The number of aliphatic hydroxyl groups is 1. The van der Waals surface area contributed by atoms with Crippen molar-refractivity contribution in [3.05, 3.63) is 60.6 Å². The lowest BCUT2D eigenvalue weighted by molar-refractivity contribution is 0.0564. The van der Waals surface area contributed by atoms with Gasteiger partial charge >= 0.3 is 0 Å². The van der Waals surface area contributed by atoms with Gasteiger partial charge in [0.05, 0.1) is 11.0 Å². The number of rotatable bonds is 6. The Bertz CT molecular complexity index is 1140. The van der Waals surface area contributed by atoms with Crippen LogP contribution in [0.1, 0.15) is 24.7 Å². The Morgan fingerprint density at radius 3 is 2.83 bits per heavy atom. The third kappa shape index (κ3) is 3.68. The van der Waals surface area contributed by atoms with E-state index >= 15 is 0 Å². The van der Waals surface area contributed by atoms with Crippen molar-refractivity contribution in [2.75, 3.05) is 26.2 Å². The second-order valence-corrected chi connectivity index (χ2v) is 8.21. The lowest BCUT2D eigenvalue weighted by Gasteiger charge is -2.34. The highest BCUT2D eigenvalue weighted by atomic mass is 16.5. The number of aliphatic hydroxyl groups excluding tert-OH is 1. The lowest BCUT2D eigenvalue weighted by atomic mass is 10.0. The van der Waals surface area contributed by atoms with Crippen molar-refractivity contribution >= 4 is 21.9 Å². The normalized spacial score (nSPS) is 17.0. The van der Waals surface area contributed by atoms with E-state index in [1.807, 2.05) is 36.5 Å². The number of hydrogen-bond acceptors (Lipinski definition) is 4. The molecule has 2 aromatic carbocycles. The highest BCUT2D eigenvalue weighted by molar-refractivity contribution is 5.85. The Hall–Kier alpha value is -2.83. The number of nitrogens with zero attached hydrogens (tertiary/aromatic N) is 3. The van der Waals surface area contributed by atoms with Crippen LogP contribution in [-0.2, 0) is 0 Å². The number of aromatic amines is 1. The molecule has 6 heteroatoms. The van der Waals surface area contributed by atoms with Gasteiger partial charge in [0.2, 0.25) is 0 Å². The molecule has 1 atom stereocenters.